The Morgan fingerprint density at radius 1 is 1.42 bits per heavy atom. The molecule has 0 spiro atoms. The predicted molar refractivity (Wildman–Crippen MR) is 75.2 cm³/mol. The topological polar surface area (TPSA) is 65.2 Å². The lowest BCUT2D eigenvalue weighted by Crippen LogP contribution is -2.30. The van der Waals surface area contributed by atoms with Gasteiger partial charge in [-0.15, -0.1) is 0 Å². The molecule has 0 saturated carbocycles. The van der Waals surface area contributed by atoms with E-state index >= 15 is 0 Å². The van der Waals surface area contributed by atoms with Crippen LogP contribution in [0.2, 0.25) is 0 Å². The van der Waals surface area contributed by atoms with Gasteiger partial charge in [0.1, 0.15) is 0 Å². The maximum Gasteiger partial charge on any atom is 0.179 e. The van der Waals surface area contributed by atoms with Crippen molar-refractivity contribution in [2.75, 3.05) is 13.7 Å². The van der Waals surface area contributed by atoms with Crippen LogP contribution in [0.4, 0.5) is 0 Å². The van der Waals surface area contributed by atoms with E-state index in [1.165, 1.54) is 0 Å². The number of benzene rings is 1. The minimum Gasteiger partial charge on any atom is -0.385 e. The Morgan fingerprint density at radius 3 is 3.05 bits per heavy atom. The first-order valence-corrected chi connectivity index (χ1v) is 6.36. The summed E-state index contributed by atoms with van der Waals surface area (Å²) in [5, 5.41) is 1.02. The van der Waals surface area contributed by atoms with Crippen molar-refractivity contribution in [2.24, 2.45) is 5.73 Å². The molecule has 1 unspecified atom stereocenters. The van der Waals surface area contributed by atoms with E-state index in [4.69, 9.17) is 10.5 Å². The third-order valence-corrected chi connectivity index (χ3v) is 3.09. The molecule has 2 N–H and O–H groups in total. The van der Waals surface area contributed by atoms with Crippen molar-refractivity contribution in [2.45, 2.75) is 18.9 Å². The van der Waals surface area contributed by atoms with Gasteiger partial charge in [0.25, 0.3) is 0 Å². The number of nitrogens with zero attached hydrogens (tertiary/aromatic N) is 1. The summed E-state index contributed by atoms with van der Waals surface area (Å²) in [5.74, 6) is -0.0383. The molecule has 0 aliphatic carbocycles. The number of Topliss-reactive ketones (excluding diaryl/α,β-unsaturated/α-hetero) is 1. The molecular weight excluding hydrogens is 240 g/mol. The summed E-state index contributed by atoms with van der Waals surface area (Å²) >= 11 is 0. The van der Waals surface area contributed by atoms with E-state index in [1.54, 1.807) is 19.4 Å². The van der Waals surface area contributed by atoms with Crippen molar-refractivity contribution in [1.82, 2.24) is 4.98 Å². The molecular formula is C15H18N2O2. The molecule has 0 aliphatic rings. The maximum absolute atomic E-state index is 12.2. The van der Waals surface area contributed by atoms with Crippen LogP contribution in [0.3, 0.4) is 0 Å². The summed E-state index contributed by atoms with van der Waals surface area (Å²) in [5.41, 5.74) is 7.35. The number of methoxy groups -OCH3 is 1. The first kappa shape index (κ1) is 13.6. The molecule has 0 radical (unpaired) electrons. The first-order chi connectivity index (χ1) is 9.22. The maximum atomic E-state index is 12.2. The summed E-state index contributed by atoms with van der Waals surface area (Å²) in [6.45, 7) is 0.625. The van der Waals surface area contributed by atoms with E-state index in [1.807, 2.05) is 24.3 Å². The molecule has 19 heavy (non-hydrogen) atoms. The average molecular weight is 258 g/mol. The van der Waals surface area contributed by atoms with E-state index in [9.17, 15) is 4.79 Å². The second-order valence-corrected chi connectivity index (χ2v) is 4.52. The fourth-order valence-corrected chi connectivity index (χ4v) is 2.01. The largest absolute Gasteiger partial charge is 0.385 e. The zero-order valence-corrected chi connectivity index (χ0v) is 11.0. The van der Waals surface area contributed by atoms with E-state index < -0.39 is 6.04 Å². The molecule has 0 aliphatic heterocycles. The molecule has 1 aromatic carbocycles. The number of carbonyl (C=O) groups is 1. The standard InChI is InChI=1S/C15H18N2O2/c1-19-9-3-5-13(16)15(18)12-7-6-11-4-2-8-17-14(11)10-12/h2,4,6-8,10,13H,3,5,9,16H2,1H3. The highest BCUT2D eigenvalue weighted by Crippen LogP contribution is 2.15. The van der Waals surface area contributed by atoms with E-state index in [2.05, 4.69) is 4.98 Å². The Labute approximate surface area is 112 Å². The number of nitrogens with two attached hydrogens (primary N) is 1. The van der Waals surface area contributed by atoms with E-state index in [0.717, 1.165) is 17.3 Å². The van der Waals surface area contributed by atoms with Gasteiger partial charge >= 0.3 is 0 Å². The molecule has 2 aromatic rings. The van der Waals surface area contributed by atoms with Crippen molar-refractivity contribution in [3.63, 3.8) is 0 Å². The van der Waals surface area contributed by atoms with Crippen LogP contribution in [0.15, 0.2) is 36.5 Å². The molecule has 1 heterocycles. The van der Waals surface area contributed by atoms with Crippen LogP contribution in [-0.2, 0) is 4.74 Å². The number of hydrogen-bond donors (Lipinski definition) is 1. The van der Waals surface area contributed by atoms with Gasteiger partial charge < -0.3 is 10.5 Å². The van der Waals surface area contributed by atoms with Crippen molar-refractivity contribution < 1.29 is 9.53 Å². The molecule has 1 atom stereocenters. The van der Waals surface area contributed by atoms with Gasteiger partial charge in [-0.05, 0) is 25.0 Å². The number of aromatic nitrogens is 1. The fraction of sp³-hybridized carbons (Fsp3) is 0.333. The highest BCUT2D eigenvalue weighted by molar-refractivity contribution is 6.02. The van der Waals surface area contributed by atoms with Gasteiger partial charge in [0.2, 0.25) is 0 Å². The highest BCUT2D eigenvalue weighted by atomic mass is 16.5. The van der Waals surface area contributed by atoms with Crippen LogP contribution in [0.5, 0.6) is 0 Å². The zero-order valence-electron chi connectivity index (χ0n) is 11.0. The second kappa shape index (κ2) is 6.41. The first-order valence-electron chi connectivity index (χ1n) is 6.36. The molecule has 2 rings (SSSR count). The van der Waals surface area contributed by atoms with Crippen molar-refractivity contribution >= 4 is 16.7 Å². The molecule has 0 amide bonds. The van der Waals surface area contributed by atoms with Gasteiger partial charge in [0.05, 0.1) is 11.6 Å². The van der Waals surface area contributed by atoms with Crippen LogP contribution in [-0.4, -0.2) is 30.5 Å². The van der Waals surface area contributed by atoms with Crippen LogP contribution < -0.4 is 5.73 Å². The molecule has 0 saturated heterocycles. The van der Waals surface area contributed by atoms with E-state index in [0.29, 0.717) is 18.6 Å². The number of rotatable bonds is 6. The summed E-state index contributed by atoms with van der Waals surface area (Å²) in [6, 6.07) is 8.87. The Kier molecular flexibility index (Phi) is 4.60. The minimum atomic E-state index is -0.476. The van der Waals surface area contributed by atoms with Crippen LogP contribution >= 0.6 is 0 Å². The quantitative estimate of drug-likeness (QED) is 0.637. The monoisotopic (exact) mass is 258 g/mol. The number of ketones is 1. The normalized spacial score (nSPS) is 12.5. The van der Waals surface area contributed by atoms with Crippen LogP contribution in [0.25, 0.3) is 10.9 Å². The van der Waals surface area contributed by atoms with Gasteiger partial charge in [-0.3, -0.25) is 9.78 Å². The Hall–Kier alpha value is -1.78. The summed E-state index contributed by atoms with van der Waals surface area (Å²) in [7, 11) is 1.64. The lowest BCUT2D eigenvalue weighted by Gasteiger charge is -2.10. The average Bonchev–Trinajstić information content (AvgIpc) is 2.46. The predicted octanol–water partition coefficient (Wildman–Crippen LogP) is 2.17. The lowest BCUT2D eigenvalue weighted by molar-refractivity contribution is 0.0950. The highest BCUT2D eigenvalue weighted by Gasteiger charge is 2.15. The Balaban J connectivity index is 2.12. The summed E-state index contributed by atoms with van der Waals surface area (Å²) in [4.78, 5) is 16.4. The number of ether oxygens (including phenoxy) is 1. The fourth-order valence-electron chi connectivity index (χ4n) is 2.01. The van der Waals surface area contributed by atoms with E-state index in [-0.39, 0.29) is 5.78 Å². The third kappa shape index (κ3) is 3.36. The van der Waals surface area contributed by atoms with Crippen LogP contribution in [0.1, 0.15) is 23.2 Å². The second-order valence-electron chi connectivity index (χ2n) is 4.52. The number of pyridine rings is 1. The Morgan fingerprint density at radius 2 is 2.26 bits per heavy atom. The van der Waals surface area contributed by atoms with Crippen molar-refractivity contribution in [3.8, 4) is 0 Å². The number of hydrogen-bond acceptors (Lipinski definition) is 4. The van der Waals surface area contributed by atoms with Gasteiger partial charge in [-0.25, -0.2) is 0 Å². The molecule has 4 nitrogen and oxygen atoms in total. The lowest BCUT2D eigenvalue weighted by atomic mass is 10.00. The third-order valence-electron chi connectivity index (χ3n) is 3.09. The zero-order chi connectivity index (χ0) is 13.7. The smallest absolute Gasteiger partial charge is 0.179 e. The SMILES string of the molecule is COCCCC(N)C(=O)c1ccc2cccnc2c1. The number of fused-ring (bicyclic) bond motifs is 1. The van der Waals surface area contributed by atoms with Crippen molar-refractivity contribution in [3.05, 3.63) is 42.1 Å². The molecule has 4 heteroatoms. The van der Waals surface area contributed by atoms with Crippen molar-refractivity contribution in [1.29, 1.82) is 0 Å². The summed E-state index contributed by atoms with van der Waals surface area (Å²) in [6.07, 6.45) is 3.14. The number of carbonyl (C=O) groups excluding carboxylic acids is 1. The van der Waals surface area contributed by atoms with Gasteiger partial charge in [0.15, 0.2) is 5.78 Å². The Bertz CT molecular complexity index is 569. The van der Waals surface area contributed by atoms with Gasteiger partial charge in [-0.1, -0.05) is 18.2 Å². The molecule has 0 bridgehead atoms. The molecule has 1 aromatic heterocycles. The molecule has 100 valence electrons. The summed E-state index contributed by atoms with van der Waals surface area (Å²) < 4.78 is 4.96. The minimum absolute atomic E-state index is 0.0383. The van der Waals surface area contributed by atoms with Gasteiger partial charge in [-0.2, -0.15) is 0 Å². The molecule has 0 fully saturated rings. The van der Waals surface area contributed by atoms with Gasteiger partial charge in [0, 0.05) is 30.9 Å². The van der Waals surface area contributed by atoms with Crippen LogP contribution in [0, 0.1) is 0 Å².